The highest BCUT2D eigenvalue weighted by Crippen LogP contribution is 2.31. The van der Waals surface area contributed by atoms with Crippen LogP contribution in [0.5, 0.6) is 5.75 Å². The molecular formula is C22H22Cl2N2O4. The van der Waals surface area contributed by atoms with Gasteiger partial charge in [0, 0.05) is 21.3 Å². The molecule has 0 saturated carbocycles. The Hall–Kier alpha value is -2.70. The van der Waals surface area contributed by atoms with Crippen molar-refractivity contribution in [2.75, 3.05) is 7.11 Å². The number of carbonyl (C=O) groups excluding carboxylic acids is 2. The SMILES string of the molecule is CCCC1=C(C(=O)OC)C(c2cccc(OCc3ccc(Cl)cc3Cl)c2)NC(=O)N1. The highest BCUT2D eigenvalue weighted by atomic mass is 35.5. The number of urea groups is 1. The molecule has 2 aromatic carbocycles. The third-order valence-corrected chi connectivity index (χ3v) is 5.25. The predicted molar refractivity (Wildman–Crippen MR) is 116 cm³/mol. The van der Waals surface area contributed by atoms with Gasteiger partial charge in [0.05, 0.1) is 18.7 Å². The smallest absolute Gasteiger partial charge is 0.337 e. The number of rotatable bonds is 7. The number of hydrogen-bond donors (Lipinski definition) is 2. The second-order valence-electron chi connectivity index (χ2n) is 6.76. The molecule has 158 valence electrons. The molecule has 0 fully saturated rings. The van der Waals surface area contributed by atoms with Crippen LogP contribution < -0.4 is 15.4 Å². The number of amides is 2. The molecule has 3 rings (SSSR count). The normalized spacial score (nSPS) is 16.0. The van der Waals surface area contributed by atoms with Crippen molar-refractivity contribution in [3.05, 3.63) is 74.9 Å². The summed E-state index contributed by atoms with van der Waals surface area (Å²) in [5, 5.41) is 6.60. The Kier molecular flexibility index (Phi) is 7.24. The maximum absolute atomic E-state index is 12.5. The van der Waals surface area contributed by atoms with E-state index in [1.54, 1.807) is 36.4 Å². The Morgan fingerprint density at radius 1 is 1.17 bits per heavy atom. The summed E-state index contributed by atoms with van der Waals surface area (Å²) in [6, 6.07) is 11.4. The monoisotopic (exact) mass is 448 g/mol. The summed E-state index contributed by atoms with van der Waals surface area (Å²) in [6.07, 6.45) is 1.33. The van der Waals surface area contributed by atoms with Crippen molar-refractivity contribution < 1.29 is 19.1 Å². The van der Waals surface area contributed by atoms with E-state index >= 15 is 0 Å². The van der Waals surface area contributed by atoms with E-state index in [0.29, 0.717) is 39.0 Å². The van der Waals surface area contributed by atoms with Crippen molar-refractivity contribution in [2.24, 2.45) is 0 Å². The van der Waals surface area contributed by atoms with Gasteiger partial charge in [0.25, 0.3) is 0 Å². The topological polar surface area (TPSA) is 76.7 Å². The van der Waals surface area contributed by atoms with E-state index in [1.165, 1.54) is 7.11 Å². The van der Waals surface area contributed by atoms with Crippen LogP contribution in [0.25, 0.3) is 0 Å². The fourth-order valence-electron chi connectivity index (χ4n) is 3.25. The number of esters is 1. The van der Waals surface area contributed by atoms with Gasteiger partial charge in [-0.3, -0.25) is 0 Å². The van der Waals surface area contributed by atoms with Crippen LogP contribution in [0.3, 0.4) is 0 Å². The van der Waals surface area contributed by atoms with Gasteiger partial charge in [-0.25, -0.2) is 9.59 Å². The Labute approximate surface area is 185 Å². The molecule has 0 aliphatic carbocycles. The van der Waals surface area contributed by atoms with E-state index in [9.17, 15) is 9.59 Å². The molecule has 0 saturated heterocycles. The minimum Gasteiger partial charge on any atom is -0.489 e. The number of benzene rings is 2. The fourth-order valence-corrected chi connectivity index (χ4v) is 3.71. The third kappa shape index (κ3) is 5.07. The van der Waals surface area contributed by atoms with Gasteiger partial charge in [-0.1, -0.05) is 54.7 Å². The van der Waals surface area contributed by atoms with Crippen molar-refractivity contribution in [1.29, 1.82) is 0 Å². The minimum absolute atomic E-state index is 0.249. The quantitative estimate of drug-likeness (QED) is 0.573. The number of allylic oxidation sites excluding steroid dienone is 1. The summed E-state index contributed by atoms with van der Waals surface area (Å²) < 4.78 is 10.8. The number of ether oxygens (including phenoxy) is 2. The zero-order chi connectivity index (χ0) is 21.7. The molecule has 1 unspecified atom stereocenters. The minimum atomic E-state index is -0.643. The summed E-state index contributed by atoms with van der Waals surface area (Å²) in [7, 11) is 1.32. The van der Waals surface area contributed by atoms with Gasteiger partial charge < -0.3 is 20.1 Å². The lowest BCUT2D eigenvalue weighted by molar-refractivity contribution is -0.136. The Balaban J connectivity index is 1.88. The average molecular weight is 449 g/mol. The molecule has 30 heavy (non-hydrogen) atoms. The van der Waals surface area contributed by atoms with Crippen molar-refractivity contribution >= 4 is 35.2 Å². The molecule has 0 radical (unpaired) electrons. The van der Waals surface area contributed by atoms with Crippen LogP contribution in [0.1, 0.15) is 36.9 Å². The van der Waals surface area contributed by atoms with Crippen molar-refractivity contribution in [3.8, 4) is 5.75 Å². The van der Waals surface area contributed by atoms with E-state index in [1.807, 2.05) is 13.0 Å². The van der Waals surface area contributed by atoms with Gasteiger partial charge in [0.15, 0.2) is 0 Å². The lowest BCUT2D eigenvalue weighted by Crippen LogP contribution is -2.45. The summed E-state index contributed by atoms with van der Waals surface area (Å²) in [5.74, 6) is 0.0859. The zero-order valence-electron chi connectivity index (χ0n) is 16.6. The van der Waals surface area contributed by atoms with E-state index < -0.39 is 12.0 Å². The molecule has 0 aromatic heterocycles. The first kappa shape index (κ1) is 22.0. The van der Waals surface area contributed by atoms with Gasteiger partial charge in [0.1, 0.15) is 12.4 Å². The maximum atomic E-state index is 12.5. The molecule has 1 heterocycles. The molecule has 0 spiro atoms. The Morgan fingerprint density at radius 2 is 1.97 bits per heavy atom. The predicted octanol–water partition coefficient (Wildman–Crippen LogP) is 5.15. The average Bonchev–Trinajstić information content (AvgIpc) is 2.72. The molecule has 6 nitrogen and oxygen atoms in total. The van der Waals surface area contributed by atoms with Crippen LogP contribution in [0.2, 0.25) is 10.0 Å². The molecule has 2 amide bonds. The number of methoxy groups -OCH3 is 1. The molecule has 1 aliphatic heterocycles. The third-order valence-electron chi connectivity index (χ3n) is 4.66. The number of carbonyl (C=O) groups is 2. The van der Waals surface area contributed by atoms with Crippen LogP contribution in [0, 0.1) is 0 Å². The molecule has 2 N–H and O–H groups in total. The maximum Gasteiger partial charge on any atom is 0.337 e. The number of nitrogens with one attached hydrogen (secondary N) is 2. The number of halogens is 2. The molecular weight excluding hydrogens is 427 g/mol. The first-order valence-corrected chi connectivity index (χ1v) is 10.2. The second-order valence-corrected chi connectivity index (χ2v) is 7.61. The standard InChI is InChI=1S/C22H22Cl2N2O4/c1-3-5-18-19(21(27)29-2)20(26-22(28)25-18)13-6-4-7-16(10-13)30-12-14-8-9-15(23)11-17(14)24/h4,6-11,20H,3,5,12H2,1-2H3,(H2,25,26,28). The number of hydrogen-bond acceptors (Lipinski definition) is 4. The van der Waals surface area contributed by atoms with Crippen molar-refractivity contribution in [1.82, 2.24) is 10.6 Å². The Morgan fingerprint density at radius 3 is 2.67 bits per heavy atom. The summed E-state index contributed by atoms with van der Waals surface area (Å²) in [4.78, 5) is 24.7. The first-order chi connectivity index (χ1) is 14.4. The van der Waals surface area contributed by atoms with E-state index in [0.717, 1.165) is 12.0 Å². The summed E-state index contributed by atoms with van der Waals surface area (Å²) in [5.41, 5.74) is 2.45. The first-order valence-electron chi connectivity index (χ1n) is 9.48. The van der Waals surface area contributed by atoms with Crippen LogP contribution in [0.15, 0.2) is 53.7 Å². The van der Waals surface area contributed by atoms with Crippen molar-refractivity contribution in [2.45, 2.75) is 32.4 Å². The fraction of sp³-hybridized carbons (Fsp3) is 0.273. The van der Waals surface area contributed by atoms with Gasteiger partial charge in [-0.15, -0.1) is 0 Å². The van der Waals surface area contributed by atoms with Crippen molar-refractivity contribution in [3.63, 3.8) is 0 Å². The van der Waals surface area contributed by atoms with E-state index in [-0.39, 0.29) is 12.6 Å². The van der Waals surface area contributed by atoms with Crippen LogP contribution in [-0.4, -0.2) is 19.1 Å². The summed E-state index contributed by atoms with van der Waals surface area (Å²) >= 11 is 12.1. The molecule has 2 aromatic rings. The van der Waals surface area contributed by atoms with E-state index in [4.69, 9.17) is 32.7 Å². The van der Waals surface area contributed by atoms with Gasteiger partial charge >= 0.3 is 12.0 Å². The zero-order valence-corrected chi connectivity index (χ0v) is 18.1. The van der Waals surface area contributed by atoms with Crippen LogP contribution in [0.4, 0.5) is 4.79 Å². The highest BCUT2D eigenvalue weighted by Gasteiger charge is 2.33. The van der Waals surface area contributed by atoms with Gasteiger partial charge in [0.2, 0.25) is 0 Å². The largest absolute Gasteiger partial charge is 0.489 e. The van der Waals surface area contributed by atoms with E-state index in [2.05, 4.69) is 10.6 Å². The van der Waals surface area contributed by atoms with Gasteiger partial charge in [-0.2, -0.15) is 0 Å². The lowest BCUT2D eigenvalue weighted by Gasteiger charge is -2.29. The second kappa shape index (κ2) is 9.87. The molecule has 8 heteroatoms. The van der Waals surface area contributed by atoms with Crippen LogP contribution >= 0.6 is 23.2 Å². The van der Waals surface area contributed by atoms with Gasteiger partial charge in [-0.05, 0) is 36.2 Å². The molecule has 1 atom stereocenters. The summed E-state index contributed by atoms with van der Waals surface area (Å²) in [6.45, 7) is 2.22. The molecule has 0 bridgehead atoms. The lowest BCUT2D eigenvalue weighted by atomic mass is 9.93. The Bertz CT molecular complexity index is 991. The van der Waals surface area contributed by atoms with Crippen LogP contribution in [-0.2, 0) is 16.1 Å². The highest BCUT2D eigenvalue weighted by molar-refractivity contribution is 6.35. The molecule has 1 aliphatic rings.